The molecular weight excluding hydrogens is 332 g/mol. The average Bonchev–Trinajstić information content (AvgIpc) is 2.59. The van der Waals surface area contributed by atoms with Gasteiger partial charge in [0.05, 0.1) is 17.7 Å². The summed E-state index contributed by atoms with van der Waals surface area (Å²) in [6.07, 6.45) is 3.07. The number of nitro benzene ring substituents is 1. The Hall–Kier alpha value is -3.15. The number of benzene rings is 2. The summed E-state index contributed by atoms with van der Waals surface area (Å²) in [7, 11) is 1.43. The Morgan fingerprint density at radius 3 is 2.35 bits per heavy atom. The minimum Gasteiger partial charge on any atom is -0.495 e. The highest BCUT2D eigenvalue weighted by molar-refractivity contribution is 6.03. The van der Waals surface area contributed by atoms with Crippen molar-refractivity contribution in [3.05, 3.63) is 69.8 Å². The number of carbonyl (C=O) groups excluding carboxylic acids is 1. The van der Waals surface area contributed by atoms with Gasteiger partial charge < -0.3 is 10.1 Å². The molecule has 1 N–H and O–H groups in total. The van der Waals surface area contributed by atoms with Crippen LogP contribution in [0.3, 0.4) is 0 Å². The largest absolute Gasteiger partial charge is 0.495 e. The van der Waals surface area contributed by atoms with Gasteiger partial charge in [0.25, 0.3) is 5.69 Å². The summed E-state index contributed by atoms with van der Waals surface area (Å²) in [5.41, 5.74) is 2.29. The van der Waals surface area contributed by atoms with E-state index in [0.29, 0.717) is 5.75 Å². The van der Waals surface area contributed by atoms with Crippen molar-refractivity contribution in [2.75, 3.05) is 12.4 Å². The highest BCUT2D eigenvalue weighted by Crippen LogP contribution is 2.29. The molecule has 6 nitrogen and oxygen atoms in total. The van der Waals surface area contributed by atoms with E-state index in [-0.39, 0.29) is 16.8 Å². The molecule has 0 saturated heterocycles. The third-order valence-electron chi connectivity index (χ3n) is 3.86. The Morgan fingerprint density at radius 2 is 1.81 bits per heavy atom. The molecule has 0 aliphatic rings. The molecule has 0 atom stereocenters. The molecule has 2 aromatic carbocycles. The van der Waals surface area contributed by atoms with E-state index < -0.39 is 10.8 Å². The lowest BCUT2D eigenvalue weighted by atomic mass is 9.87. The molecule has 0 bridgehead atoms. The molecule has 0 fully saturated rings. The van der Waals surface area contributed by atoms with Crippen LogP contribution in [-0.4, -0.2) is 17.9 Å². The van der Waals surface area contributed by atoms with Crippen LogP contribution in [0.4, 0.5) is 11.4 Å². The summed E-state index contributed by atoms with van der Waals surface area (Å²) < 4.78 is 5.13. The molecule has 1 amide bonds. The van der Waals surface area contributed by atoms with Gasteiger partial charge in [-0.1, -0.05) is 45.0 Å². The highest BCUT2D eigenvalue weighted by atomic mass is 16.6. The summed E-state index contributed by atoms with van der Waals surface area (Å²) in [5.74, 6) is -0.0458. The highest BCUT2D eigenvalue weighted by Gasteiger charge is 2.13. The van der Waals surface area contributed by atoms with Crippen LogP contribution in [0.1, 0.15) is 31.9 Å². The third-order valence-corrected chi connectivity index (χ3v) is 3.86. The molecule has 0 saturated carbocycles. The number of amides is 1. The molecule has 2 rings (SSSR count). The van der Waals surface area contributed by atoms with Gasteiger partial charge in [0.1, 0.15) is 5.75 Å². The van der Waals surface area contributed by atoms with Gasteiger partial charge in [-0.2, -0.15) is 0 Å². The maximum atomic E-state index is 12.1. The molecule has 2 aromatic rings. The molecule has 0 aliphatic heterocycles. The summed E-state index contributed by atoms with van der Waals surface area (Å²) >= 11 is 0. The Kier molecular flexibility index (Phi) is 5.77. The lowest BCUT2D eigenvalue weighted by Crippen LogP contribution is -2.10. The first-order chi connectivity index (χ1) is 12.2. The quantitative estimate of drug-likeness (QED) is 0.485. The first kappa shape index (κ1) is 19.2. The summed E-state index contributed by atoms with van der Waals surface area (Å²) in [5, 5.41) is 13.5. The predicted molar refractivity (Wildman–Crippen MR) is 102 cm³/mol. The summed E-state index contributed by atoms with van der Waals surface area (Å²) in [6, 6.07) is 12.0. The Bertz CT molecular complexity index is 834. The fraction of sp³-hybridized carbons (Fsp3) is 0.250. The monoisotopic (exact) mass is 354 g/mol. The average molecular weight is 354 g/mol. The second-order valence-corrected chi connectivity index (χ2v) is 6.84. The molecule has 0 spiro atoms. The summed E-state index contributed by atoms with van der Waals surface area (Å²) in [6.45, 7) is 6.41. The zero-order chi connectivity index (χ0) is 19.3. The van der Waals surface area contributed by atoms with Gasteiger partial charge >= 0.3 is 0 Å². The number of nitro groups is 1. The fourth-order valence-electron chi connectivity index (χ4n) is 2.35. The van der Waals surface area contributed by atoms with Gasteiger partial charge in [0.2, 0.25) is 5.91 Å². The number of hydrogen-bond donors (Lipinski definition) is 1. The maximum absolute atomic E-state index is 12.1. The van der Waals surface area contributed by atoms with E-state index in [1.807, 2.05) is 24.3 Å². The van der Waals surface area contributed by atoms with Crippen molar-refractivity contribution >= 4 is 23.4 Å². The number of hydrogen-bond acceptors (Lipinski definition) is 4. The molecule has 0 radical (unpaired) electrons. The van der Waals surface area contributed by atoms with E-state index in [1.54, 1.807) is 6.08 Å². The molecular formula is C20H22N2O4. The second-order valence-electron chi connectivity index (χ2n) is 6.84. The van der Waals surface area contributed by atoms with Crippen molar-refractivity contribution in [2.24, 2.45) is 0 Å². The zero-order valence-corrected chi connectivity index (χ0v) is 15.3. The van der Waals surface area contributed by atoms with Crippen molar-refractivity contribution in [1.82, 2.24) is 0 Å². The van der Waals surface area contributed by atoms with E-state index in [2.05, 4.69) is 26.1 Å². The van der Waals surface area contributed by atoms with Gasteiger partial charge in [-0.25, -0.2) is 0 Å². The second kappa shape index (κ2) is 7.82. The third kappa shape index (κ3) is 4.92. The number of ether oxygens (including phenoxy) is 1. The lowest BCUT2D eigenvalue weighted by Gasteiger charge is -2.18. The predicted octanol–water partition coefficient (Wildman–Crippen LogP) is 4.55. The van der Waals surface area contributed by atoms with Crippen LogP contribution in [0.2, 0.25) is 0 Å². The SMILES string of the molecule is COc1ccc([N+](=O)[O-])cc1NC(=O)/C=C\c1ccc(C(C)(C)C)cc1. The van der Waals surface area contributed by atoms with Gasteiger partial charge in [-0.05, 0) is 28.7 Å². The van der Waals surface area contributed by atoms with E-state index in [4.69, 9.17) is 4.74 Å². The van der Waals surface area contributed by atoms with Crippen molar-refractivity contribution in [3.8, 4) is 5.75 Å². The summed E-state index contributed by atoms with van der Waals surface area (Å²) in [4.78, 5) is 22.5. The lowest BCUT2D eigenvalue weighted by molar-refractivity contribution is -0.384. The fourth-order valence-corrected chi connectivity index (χ4v) is 2.35. The minimum absolute atomic E-state index is 0.0677. The van der Waals surface area contributed by atoms with Crippen LogP contribution in [0.15, 0.2) is 48.5 Å². The Balaban J connectivity index is 2.12. The number of anilines is 1. The minimum atomic E-state index is -0.526. The van der Waals surface area contributed by atoms with Crippen molar-refractivity contribution < 1.29 is 14.5 Å². The first-order valence-electron chi connectivity index (χ1n) is 8.13. The standard InChI is InChI=1S/C20H22N2O4/c1-20(2,3)15-8-5-14(6-9-15)7-12-19(23)21-17-13-16(22(24)25)10-11-18(17)26-4/h5-13H,1-4H3,(H,21,23)/b12-7-. The van der Waals surface area contributed by atoms with Crippen LogP contribution in [0.25, 0.3) is 6.08 Å². The van der Waals surface area contributed by atoms with Crippen LogP contribution in [-0.2, 0) is 10.2 Å². The molecule has 0 aliphatic carbocycles. The molecule has 0 unspecified atom stereocenters. The topological polar surface area (TPSA) is 81.5 Å². The van der Waals surface area contributed by atoms with Gasteiger partial charge in [0, 0.05) is 18.2 Å². The molecule has 26 heavy (non-hydrogen) atoms. The maximum Gasteiger partial charge on any atom is 0.271 e. The number of carbonyl (C=O) groups is 1. The van der Waals surface area contributed by atoms with Gasteiger partial charge in [-0.3, -0.25) is 14.9 Å². The van der Waals surface area contributed by atoms with Crippen LogP contribution >= 0.6 is 0 Å². The van der Waals surface area contributed by atoms with Crippen molar-refractivity contribution in [3.63, 3.8) is 0 Å². The van der Waals surface area contributed by atoms with E-state index in [1.165, 1.54) is 36.9 Å². The Morgan fingerprint density at radius 1 is 1.15 bits per heavy atom. The number of nitrogens with one attached hydrogen (secondary N) is 1. The molecule has 136 valence electrons. The van der Waals surface area contributed by atoms with E-state index >= 15 is 0 Å². The molecule has 0 aromatic heterocycles. The molecule has 0 heterocycles. The number of non-ortho nitro benzene ring substituents is 1. The van der Waals surface area contributed by atoms with Crippen LogP contribution < -0.4 is 10.1 Å². The van der Waals surface area contributed by atoms with Crippen LogP contribution in [0, 0.1) is 10.1 Å². The smallest absolute Gasteiger partial charge is 0.271 e. The first-order valence-corrected chi connectivity index (χ1v) is 8.13. The number of rotatable bonds is 5. The van der Waals surface area contributed by atoms with Crippen LogP contribution in [0.5, 0.6) is 5.75 Å². The van der Waals surface area contributed by atoms with E-state index in [0.717, 1.165) is 5.56 Å². The van der Waals surface area contributed by atoms with Crippen molar-refractivity contribution in [1.29, 1.82) is 0 Å². The number of methoxy groups -OCH3 is 1. The van der Waals surface area contributed by atoms with Crippen molar-refractivity contribution in [2.45, 2.75) is 26.2 Å². The van der Waals surface area contributed by atoms with Gasteiger partial charge in [-0.15, -0.1) is 0 Å². The van der Waals surface area contributed by atoms with Gasteiger partial charge in [0.15, 0.2) is 0 Å². The normalized spacial score (nSPS) is 11.4. The Labute approximate surface area is 152 Å². The number of nitrogens with zero attached hydrogens (tertiary/aromatic N) is 1. The van der Waals surface area contributed by atoms with E-state index in [9.17, 15) is 14.9 Å². The molecule has 6 heteroatoms. The zero-order valence-electron chi connectivity index (χ0n) is 15.3.